The van der Waals surface area contributed by atoms with Crippen molar-refractivity contribution < 1.29 is 19.4 Å². The van der Waals surface area contributed by atoms with Crippen LogP contribution in [0, 0.1) is 0 Å². The van der Waals surface area contributed by atoms with Gasteiger partial charge in [-0.25, -0.2) is 0 Å². The van der Waals surface area contributed by atoms with Crippen molar-refractivity contribution in [1.29, 1.82) is 0 Å². The number of rotatable bonds is 7. The lowest BCUT2D eigenvalue weighted by molar-refractivity contribution is -0.128. The Labute approximate surface area is 178 Å². The van der Waals surface area contributed by atoms with Crippen molar-refractivity contribution in [3.8, 4) is 11.5 Å². The number of thiocarbonyl (C=S) groups is 1. The SMILES string of the molecule is COc1ccccc1C=C1SC(=S)N(CC(=O)NCCc2ccc(O)cc2)C1=O. The molecule has 29 heavy (non-hydrogen) atoms. The molecule has 2 aromatic carbocycles. The van der Waals surface area contributed by atoms with E-state index in [9.17, 15) is 14.7 Å². The number of carbonyl (C=O) groups excluding carboxylic acids is 2. The van der Waals surface area contributed by atoms with Crippen LogP contribution in [0.15, 0.2) is 53.4 Å². The number of nitrogens with zero attached hydrogens (tertiary/aromatic N) is 1. The number of ether oxygens (including phenoxy) is 1. The molecule has 1 aliphatic heterocycles. The molecule has 3 rings (SSSR count). The number of nitrogens with one attached hydrogen (secondary N) is 1. The number of carbonyl (C=O) groups is 2. The van der Waals surface area contributed by atoms with Gasteiger partial charge in [-0.1, -0.05) is 54.3 Å². The van der Waals surface area contributed by atoms with Gasteiger partial charge in [0.1, 0.15) is 22.4 Å². The summed E-state index contributed by atoms with van der Waals surface area (Å²) in [5, 5.41) is 12.1. The van der Waals surface area contributed by atoms with Crippen molar-refractivity contribution >= 4 is 46.2 Å². The van der Waals surface area contributed by atoms with Crippen LogP contribution >= 0.6 is 24.0 Å². The van der Waals surface area contributed by atoms with Crippen LogP contribution in [-0.2, 0) is 16.0 Å². The van der Waals surface area contributed by atoms with Crippen molar-refractivity contribution in [2.75, 3.05) is 20.2 Å². The van der Waals surface area contributed by atoms with E-state index in [4.69, 9.17) is 17.0 Å². The first-order valence-corrected chi connectivity index (χ1v) is 10.1. The van der Waals surface area contributed by atoms with Gasteiger partial charge in [-0.3, -0.25) is 14.5 Å². The lowest BCUT2D eigenvalue weighted by Gasteiger charge is -2.14. The van der Waals surface area contributed by atoms with Crippen molar-refractivity contribution in [2.45, 2.75) is 6.42 Å². The minimum atomic E-state index is -0.292. The van der Waals surface area contributed by atoms with E-state index in [2.05, 4.69) is 5.32 Å². The van der Waals surface area contributed by atoms with E-state index in [1.807, 2.05) is 24.3 Å². The summed E-state index contributed by atoms with van der Waals surface area (Å²) < 4.78 is 5.66. The Kier molecular flexibility index (Phi) is 6.90. The Morgan fingerprint density at radius 2 is 1.97 bits per heavy atom. The predicted octanol–water partition coefficient (Wildman–Crippen LogP) is 2.96. The van der Waals surface area contributed by atoms with E-state index < -0.39 is 0 Å². The lowest BCUT2D eigenvalue weighted by Crippen LogP contribution is -2.40. The van der Waals surface area contributed by atoms with Gasteiger partial charge >= 0.3 is 0 Å². The number of benzene rings is 2. The molecule has 1 fully saturated rings. The van der Waals surface area contributed by atoms with Gasteiger partial charge < -0.3 is 15.2 Å². The van der Waals surface area contributed by atoms with Crippen molar-refractivity contribution in [2.24, 2.45) is 0 Å². The second kappa shape index (κ2) is 9.58. The van der Waals surface area contributed by atoms with E-state index >= 15 is 0 Å². The summed E-state index contributed by atoms with van der Waals surface area (Å²) in [6.45, 7) is 0.305. The number of methoxy groups -OCH3 is 1. The average molecular weight is 429 g/mol. The van der Waals surface area contributed by atoms with E-state index in [-0.39, 0.29) is 24.1 Å². The molecule has 1 heterocycles. The summed E-state index contributed by atoms with van der Waals surface area (Å²) in [6, 6.07) is 14.2. The summed E-state index contributed by atoms with van der Waals surface area (Å²) in [6.07, 6.45) is 2.35. The maximum absolute atomic E-state index is 12.7. The van der Waals surface area contributed by atoms with E-state index in [0.717, 1.165) is 11.1 Å². The number of hydrogen-bond acceptors (Lipinski definition) is 6. The third-order valence-corrected chi connectivity index (χ3v) is 5.65. The Bertz CT molecular complexity index is 957. The van der Waals surface area contributed by atoms with Gasteiger partial charge in [-0.2, -0.15) is 0 Å². The summed E-state index contributed by atoms with van der Waals surface area (Å²) in [5.41, 5.74) is 1.77. The van der Waals surface area contributed by atoms with Crippen LogP contribution in [0.2, 0.25) is 0 Å². The van der Waals surface area contributed by atoms with Gasteiger partial charge in [-0.15, -0.1) is 0 Å². The first kappa shape index (κ1) is 20.9. The molecule has 0 spiro atoms. The third kappa shape index (κ3) is 5.36. The molecule has 0 aliphatic carbocycles. The van der Waals surface area contributed by atoms with Crippen LogP contribution in [0.4, 0.5) is 0 Å². The second-order valence-electron chi connectivity index (χ2n) is 6.28. The monoisotopic (exact) mass is 428 g/mol. The molecule has 150 valence electrons. The standard InChI is InChI=1S/C21H20N2O4S2/c1-27-17-5-3-2-4-15(17)12-18-20(26)23(21(28)29-18)13-19(25)22-11-10-14-6-8-16(24)9-7-14/h2-9,12,24H,10-11,13H2,1H3,(H,22,25). The highest BCUT2D eigenvalue weighted by atomic mass is 32.2. The van der Waals surface area contributed by atoms with Crippen molar-refractivity contribution in [1.82, 2.24) is 10.2 Å². The topological polar surface area (TPSA) is 78.9 Å². The van der Waals surface area contributed by atoms with E-state index in [1.165, 1.54) is 16.7 Å². The van der Waals surface area contributed by atoms with Crippen LogP contribution in [0.25, 0.3) is 6.08 Å². The minimum Gasteiger partial charge on any atom is -0.508 e. The van der Waals surface area contributed by atoms with E-state index in [1.54, 1.807) is 37.5 Å². The first-order valence-electron chi connectivity index (χ1n) is 8.91. The number of amides is 2. The van der Waals surface area contributed by atoms with Gasteiger partial charge in [-0.05, 0) is 36.3 Å². The highest BCUT2D eigenvalue weighted by molar-refractivity contribution is 8.26. The number of para-hydroxylation sites is 1. The fraction of sp³-hybridized carbons (Fsp3) is 0.190. The number of thioether (sulfide) groups is 1. The summed E-state index contributed by atoms with van der Waals surface area (Å²) in [7, 11) is 1.57. The third-order valence-electron chi connectivity index (χ3n) is 4.27. The van der Waals surface area contributed by atoms with Crippen LogP contribution in [-0.4, -0.2) is 46.3 Å². The van der Waals surface area contributed by atoms with Crippen molar-refractivity contribution in [3.63, 3.8) is 0 Å². The number of hydrogen-bond donors (Lipinski definition) is 2. The van der Waals surface area contributed by atoms with Crippen LogP contribution in [0.1, 0.15) is 11.1 Å². The summed E-state index contributed by atoms with van der Waals surface area (Å²) >= 11 is 6.45. The summed E-state index contributed by atoms with van der Waals surface area (Å²) in [5.74, 6) is 0.288. The van der Waals surface area contributed by atoms with Crippen molar-refractivity contribution in [3.05, 3.63) is 64.6 Å². The molecular formula is C21H20N2O4S2. The normalized spacial score (nSPS) is 15.1. The Morgan fingerprint density at radius 3 is 2.69 bits per heavy atom. The molecule has 0 unspecified atom stereocenters. The van der Waals surface area contributed by atoms with Crippen LogP contribution < -0.4 is 10.1 Å². The van der Waals surface area contributed by atoms with Gasteiger partial charge in [0.25, 0.3) is 5.91 Å². The van der Waals surface area contributed by atoms with E-state index in [0.29, 0.717) is 27.9 Å². The molecular weight excluding hydrogens is 408 g/mol. The number of phenols is 1. The fourth-order valence-corrected chi connectivity index (χ4v) is 4.02. The molecule has 6 nitrogen and oxygen atoms in total. The Hall–Kier alpha value is -2.84. The molecule has 0 saturated carbocycles. The molecule has 1 aliphatic rings. The molecule has 0 aromatic heterocycles. The quantitative estimate of drug-likeness (QED) is 0.522. The molecule has 8 heteroatoms. The van der Waals surface area contributed by atoms with Gasteiger partial charge in [0.2, 0.25) is 5.91 Å². The number of phenolic OH excluding ortho intramolecular Hbond substituents is 1. The van der Waals surface area contributed by atoms with Gasteiger partial charge in [0.15, 0.2) is 0 Å². The molecule has 0 atom stereocenters. The highest BCUT2D eigenvalue weighted by Crippen LogP contribution is 2.33. The minimum absolute atomic E-state index is 0.122. The number of aromatic hydroxyl groups is 1. The zero-order chi connectivity index (χ0) is 20.8. The van der Waals surface area contributed by atoms with Gasteiger partial charge in [0, 0.05) is 12.1 Å². The maximum atomic E-state index is 12.7. The fourth-order valence-electron chi connectivity index (χ4n) is 2.77. The summed E-state index contributed by atoms with van der Waals surface area (Å²) in [4.78, 5) is 26.7. The largest absolute Gasteiger partial charge is 0.508 e. The molecule has 0 radical (unpaired) electrons. The lowest BCUT2D eigenvalue weighted by atomic mass is 10.1. The molecule has 1 saturated heterocycles. The Morgan fingerprint density at radius 1 is 1.24 bits per heavy atom. The maximum Gasteiger partial charge on any atom is 0.266 e. The first-order chi connectivity index (χ1) is 14.0. The zero-order valence-corrected chi connectivity index (χ0v) is 17.4. The second-order valence-corrected chi connectivity index (χ2v) is 7.95. The molecule has 2 N–H and O–H groups in total. The highest BCUT2D eigenvalue weighted by Gasteiger charge is 2.33. The van der Waals surface area contributed by atoms with Crippen LogP contribution in [0.5, 0.6) is 11.5 Å². The molecule has 2 aromatic rings. The smallest absolute Gasteiger partial charge is 0.266 e. The predicted molar refractivity (Wildman–Crippen MR) is 118 cm³/mol. The molecule has 0 bridgehead atoms. The van der Waals surface area contributed by atoms with Crippen LogP contribution in [0.3, 0.4) is 0 Å². The Balaban J connectivity index is 1.57. The zero-order valence-electron chi connectivity index (χ0n) is 15.8. The van der Waals surface area contributed by atoms with Gasteiger partial charge in [0.05, 0.1) is 12.0 Å². The molecule has 2 amide bonds. The average Bonchev–Trinajstić information content (AvgIpc) is 2.97.